The van der Waals surface area contributed by atoms with Crippen molar-refractivity contribution in [2.45, 2.75) is 32.9 Å². The first kappa shape index (κ1) is 14.6. The second kappa shape index (κ2) is 6.57. The van der Waals surface area contributed by atoms with Gasteiger partial charge in [0.2, 0.25) is 0 Å². The Morgan fingerprint density at radius 3 is 2.40 bits per heavy atom. The van der Waals surface area contributed by atoms with E-state index in [4.69, 9.17) is 5.73 Å². The van der Waals surface area contributed by atoms with Crippen LogP contribution >= 0.6 is 0 Å². The summed E-state index contributed by atoms with van der Waals surface area (Å²) >= 11 is 0. The van der Waals surface area contributed by atoms with Gasteiger partial charge in [-0.1, -0.05) is 12.1 Å². The summed E-state index contributed by atoms with van der Waals surface area (Å²) in [6, 6.07) is 9.00. The molecule has 1 heterocycles. The molecule has 108 valence electrons. The summed E-state index contributed by atoms with van der Waals surface area (Å²) in [6.45, 7) is 6.03. The smallest absolute Gasteiger partial charge is 0.0522 e. The molecule has 2 N–H and O–H groups in total. The van der Waals surface area contributed by atoms with Gasteiger partial charge < -0.3 is 10.6 Å². The fourth-order valence-corrected chi connectivity index (χ4v) is 2.36. The summed E-state index contributed by atoms with van der Waals surface area (Å²) in [7, 11) is 1.95. The Hall–Kier alpha value is -1.81. The molecule has 4 nitrogen and oxygen atoms in total. The van der Waals surface area contributed by atoms with Gasteiger partial charge >= 0.3 is 0 Å². The van der Waals surface area contributed by atoms with Gasteiger partial charge in [0.15, 0.2) is 0 Å². The number of aromatic nitrogens is 2. The van der Waals surface area contributed by atoms with Gasteiger partial charge in [-0.05, 0) is 43.5 Å². The van der Waals surface area contributed by atoms with Crippen molar-refractivity contribution in [3.05, 3.63) is 47.8 Å². The number of nitrogens with two attached hydrogens (primary N) is 1. The van der Waals surface area contributed by atoms with Gasteiger partial charge in [0.05, 0.1) is 6.20 Å². The fourth-order valence-electron chi connectivity index (χ4n) is 2.36. The predicted molar refractivity (Wildman–Crippen MR) is 83.7 cm³/mol. The SMILES string of the molecule is CC(C)N(CCc1cnn(C)c1)c1ccc(CN)cc1. The zero-order valence-electron chi connectivity index (χ0n) is 12.6. The molecule has 0 bridgehead atoms. The van der Waals surface area contributed by atoms with Crippen LogP contribution in [0.4, 0.5) is 5.69 Å². The molecular formula is C16H24N4. The van der Waals surface area contributed by atoms with Gasteiger partial charge in [-0.3, -0.25) is 4.68 Å². The molecule has 0 aliphatic rings. The fraction of sp³-hybridized carbons (Fsp3) is 0.438. The first-order valence-corrected chi connectivity index (χ1v) is 7.13. The first-order chi connectivity index (χ1) is 9.60. The summed E-state index contributed by atoms with van der Waals surface area (Å²) in [6.07, 6.45) is 5.02. The van der Waals surface area contributed by atoms with Crippen molar-refractivity contribution in [3.63, 3.8) is 0 Å². The Morgan fingerprint density at radius 2 is 1.90 bits per heavy atom. The minimum atomic E-state index is 0.468. The van der Waals surface area contributed by atoms with E-state index in [1.165, 1.54) is 16.8 Å². The Bertz CT molecular complexity index is 528. The minimum absolute atomic E-state index is 0.468. The first-order valence-electron chi connectivity index (χ1n) is 7.13. The normalized spacial score (nSPS) is 11.1. The van der Waals surface area contributed by atoms with E-state index in [1.807, 2.05) is 17.9 Å². The lowest BCUT2D eigenvalue weighted by Crippen LogP contribution is -2.32. The maximum atomic E-state index is 5.65. The largest absolute Gasteiger partial charge is 0.369 e. The molecule has 2 rings (SSSR count). The zero-order chi connectivity index (χ0) is 14.5. The number of anilines is 1. The number of rotatable bonds is 6. The van der Waals surface area contributed by atoms with E-state index in [0.29, 0.717) is 12.6 Å². The molecule has 20 heavy (non-hydrogen) atoms. The second-order valence-electron chi connectivity index (χ2n) is 5.43. The Labute approximate surface area is 121 Å². The molecule has 0 fully saturated rings. The third-order valence-corrected chi connectivity index (χ3v) is 3.53. The lowest BCUT2D eigenvalue weighted by molar-refractivity contribution is 0.678. The standard InChI is InChI=1S/C16H24N4/c1-13(2)20(9-8-15-11-18-19(3)12-15)16-6-4-14(10-17)5-7-16/h4-7,11-13H,8-10,17H2,1-3H3. The molecule has 1 aromatic heterocycles. The number of hydrogen-bond acceptors (Lipinski definition) is 3. The summed E-state index contributed by atoms with van der Waals surface area (Å²) in [5.41, 5.74) is 9.35. The molecule has 0 saturated carbocycles. The van der Waals surface area contributed by atoms with Crippen molar-refractivity contribution < 1.29 is 0 Å². The van der Waals surface area contributed by atoms with Crippen LogP contribution in [0.5, 0.6) is 0 Å². The molecule has 0 amide bonds. The van der Waals surface area contributed by atoms with Crippen LogP contribution in [-0.4, -0.2) is 22.4 Å². The average molecular weight is 272 g/mol. The lowest BCUT2D eigenvalue weighted by Gasteiger charge is -2.29. The van der Waals surface area contributed by atoms with Crippen molar-refractivity contribution in [2.24, 2.45) is 12.8 Å². The van der Waals surface area contributed by atoms with Crippen LogP contribution in [0.2, 0.25) is 0 Å². The molecule has 0 spiro atoms. The topological polar surface area (TPSA) is 47.1 Å². The minimum Gasteiger partial charge on any atom is -0.369 e. The van der Waals surface area contributed by atoms with E-state index in [1.54, 1.807) is 0 Å². The van der Waals surface area contributed by atoms with Gasteiger partial charge in [0.25, 0.3) is 0 Å². The van der Waals surface area contributed by atoms with Crippen LogP contribution in [0.3, 0.4) is 0 Å². The summed E-state index contributed by atoms with van der Waals surface area (Å²) in [4.78, 5) is 2.41. The van der Waals surface area contributed by atoms with Crippen LogP contribution in [0.1, 0.15) is 25.0 Å². The van der Waals surface area contributed by atoms with E-state index in [9.17, 15) is 0 Å². The molecule has 2 aromatic rings. The molecular weight excluding hydrogens is 248 g/mol. The van der Waals surface area contributed by atoms with E-state index in [-0.39, 0.29) is 0 Å². The van der Waals surface area contributed by atoms with Crippen molar-refractivity contribution in [2.75, 3.05) is 11.4 Å². The average Bonchev–Trinajstić information content (AvgIpc) is 2.85. The van der Waals surface area contributed by atoms with Crippen LogP contribution in [0.15, 0.2) is 36.7 Å². The number of hydrogen-bond donors (Lipinski definition) is 1. The Morgan fingerprint density at radius 1 is 1.20 bits per heavy atom. The van der Waals surface area contributed by atoms with Crippen molar-refractivity contribution in [3.8, 4) is 0 Å². The van der Waals surface area contributed by atoms with Crippen molar-refractivity contribution >= 4 is 5.69 Å². The highest BCUT2D eigenvalue weighted by Crippen LogP contribution is 2.18. The molecule has 1 aromatic carbocycles. The molecule has 0 radical (unpaired) electrons. The molecule has 4 heteroatoms. The van der Waals surface area contributed by atoms with Gasteiger partial charge in [-0.25, -0.2) is 0 Å². The molecule has 0 aliphatic heterocycles. The third kappa shape index (κ3) is 3.61. The highest BCUT2D eigenvalue weighted by atomic mass is 15.2. The zero-order valence-corrected chi connectivity index (χ0v) is 12.6. The number of nitrogens with zero attached hydrogens (tertiary/aromatic N) is 3. The number of aryl methyl sites for hydroxylation is 1. The van der Waals surface area contributed by atoms with Crippen LogP contribution in [0.25, 0.3) is 0 Å². The van der Waals surface area contributed by atoms with Crippen LogP contribution in [-0.2, 0) is 20.0 Å². The Balaban J connectivity index is 2.06. The van der Waals surface area contributed by atoms with Crippen molar-refractivity contribution in [1.29, 1.82) is 0 Å². The van der Waals surface area contributed by atoms with Crippen LogP contribution < -0.4 is 10.6 Å². The third-order valence-electron chi connectivity index (χ3n) is 3.53. The quantitative estimate of drug-likeness (QED) is 0.878. The van der Waals surface area contributed by atoms with Gasteiger partial charge in [0.1, 0.15) is 0 Å². The predicted octanol–water partition coefficient (Wildman–Crippen LogP) is 2.34. The van der Waals surface area contributed by atoms with E-state index in [0.717, 1.165) is 13.0 Å². The van der Waals surface area contributed by atoms with Crippen LogP contribution in [0, 0.1) is 0 Å². The maximum Gasteiger partial charge on any atom is 0.0522 e. The van der Waals surface area contributed by atoms with Crippen molar-refractivity contribution in [1.82, 2.24) is 9.78 Å². The van der Waals surface area contributed by atoms with E-state index < -0.39 is 0 Å². The summed E-state index contributed by atoms with van der Waals surface area (Å²) < 4.78 is 1.85. The maximum absolute atomic E-state index is 5.65. The Kier molecular flexibility index (Phi) is 4.79. The second-order valence-corrected chi connectivity index (χ2v) is 5.43. The number of benzene rings is 1. The highest BCUT2D eigenvalue weighted by molar-refractivity contribution is 5.48. The van der Waals surface area contributed by atoms with Gasteiger partial charge in [-0.2, -0.15) is 5.10 Å². The van der Waals surface area contributed by atoms with Gasteiger partial charge in [-0.15, -0.1) is 0 Å². The molecule has 0 aliphatic carbocycles. The molecule has 0 saturated heterocycles. The molecule has 0 atom stereocenters. The molecule has 0 unspecified atom stereocenters. The van der Waals surface area contributed by atoms with E-state index >= 15 is 0 Å². The van der Waals surface area contributed by atoms with Gasteiger partial charge in [0, 0.05) is 38.1 Å². The van der Waals surface area contributed by atoms with E-state index in [2.05, 4.69) is 54.3 Å². The summed E-state index contributed by atoms with van der Waals surface area (Å²) in [5.74, 6) is 0. The monoisotopic (exact) mass is 272 g/mol. The lowest BCUT2D eigenvalue weighted by atomic mass is 10.1. The summed E-state index contributed by atoms with van der Waals surface area (Å²) in [5, 5.41) is 4.22. The highest BCUT2D eigenvalue weighted by Gasteiger charge is 2.11.